The van der Waals surface area contributed by atoms with E-state index in [1.807, 2.05) is 0 Å². The number of hydrogen-bond donors (Lipinski definition) is 2. The maximum Gasteiger partial charge on any atom is 0.345 e. The molecule has 0 aliphatic heterocycles. The number of carboxylic acid groups (broad SMARTS) is 1. The molecule has 0 unspecified atom stereocenters. The Morgan fingerprint density at radius 1 is 1.47 bits per heavy atom. The van der Waals surface area contributed by atoms with Crippen molar-refractivity contribution in [2.75, 3.05) is 5.32 Å². The Hall–Kier alpha value is -1.47. The molecule has 2 aromatic heterocycles. The van der Waals surface area contributed by atoms with E-state index in [9.17, 15) is 9.59 Å². The number of carboxylic acids is 1. The number of nitrogens with zero attached hydrogens (tertiary/aromatic N) is 1. The second-order valence-corrected chi connectivity index (χ2v) is 4.85. The van der Waals surface area contributed by atoms with Gasteiger partial charge in [-0.1, -0.05) is 11.3 Å². The highest BCUT2D eigenvalue weighted by atomic mass is 32.1. The Morgan fingerprint density at radius 3 is 2.73 bits per heavy atom. The van der Waals surface area contributed by atoms with Gasteiger partial charge in [0.05, 0.1) is 4.70 Å². The summed E-state index contributed by atoms with van der Waals surface area (Å²) in [5.74, 6) is -1.14. The zero-order valence-corrected chi connectivity index (χ0v) is 9.24. The number of carbonyl (C=O) groups is 2. The number of nitrogens with one attached hydrogen (secondary N) is 1. The van der Waals surface area contributed by atoms with Crippen molar-refractivity contribution in [3.05, 3.63) is 10.9 Å². The van der Waals surface area contributed by atoms with Crippen molar-refractivity contribution in [1.29, 1.82) is 0 Å². The van der Waals surface area contributed by atoms with Crippen LogP contribution in [0.3, 0.4) is 0 Å². The molecule has 0 radical (unpaired) electrons. The van der Waals surface area contributed by atoms with Crippen molar-refractivity contribution >= 4 is 49.2 Å². The lowest BCUT2D eigenvalue weighted by Gasteiger charge is -1.91. The van der Waals surface area contributed by atoms with Crippen LogP contribution in [0.5, 0.6) is 0 Å². The highest BCUT2D eigenvalue weighted by Gasteiger charge is 2.12. The number of thiophene rings is 1. The minimum Gasteiger partial charge on any atom is -0.477 e. The minimum atomic E-state index is -0.953. The molecule has 0 aromatic carbocycles. The van der Waals surface area contributed by atoms with Crippen molar-refractivity contribution in [3.8, 4) is 0 Å². The van der Waals surface area contributed by atoms with Gasteiger partial charge in [-0.2, -0.15) is 0 Å². The molecule has 0 aliphatic carbocycles. The van der Waals surface area contributed by atoms with E-state index in [0.717, 1.165) is 16.0 Å². The summed E-state index contributed by atoms with van der Waals surface area (Å²) in [6.07, 6.45) is 0. The van der Waals surface area contributed by atoms with Crippen molar-refractivity contribution in [2.45, 2.75) is 6.92 Å². The Morgan fingerprint density at radius 2 is 2.20 bits per heavy atom. The predicted molar refractivity (Wildman–Crippen MR) is 58.8 cm³/mol. The van der Waals surface area contributed by atoms with Gasteiger partial charge in [-0.05, 0) is 6.07 Å². The molecule has 0 aliphatic rings. The van der Waals surface area contributed by atoms with Gasteiger partial charge in [0.1, 0.15) is 9.71 Å². The Labute approximate surface area is 92.4 Å². The normalized spacial score (nSPS) is 10.5. The number of anilines is 1. The zero-order chi connectivity index (χ0) is 11.0. The second kappa shape index (κ2) is 3.59. The van der Waals surface area contributed by atoms with Gasteiger partial charge in [0.2, 0.25) is 5.91 Å². The third-order valence-electron chi connectivity index (χ3n) is 1.58. The van der Waals surface area contributed by atoms with Gasteiger partial charge < -0.3 is 10.4 Å². The van der Waals surface area contributed by atoms with Crippen molar-refractivity contribution < 1.29 is 14.7 Å². The summed E-state index contributed by atoms with van der Waals surface area (Å²) in [4.78, 5) is 26.4. The lowest BCUT2D eigenvalue weighted by Crippen LogP contribution is -2.04. The zero-order valence-electron chi connectivity index (χ0n) is 7.60. The summed E-state index contributed by atoms with van der Waals surface area (Å²) in [5, 5.41) is 11.8. The van der Waals surface area contributed by atoms with E-state index in [1.165, 1.54) is 18.3 Å². The van der Waals surface area contributed by atoms with E-state index in [1.54, 1.807) is 6.07 Å². The van der Waals surface area contributed by atoms with E-state index >= 15 is 0 Å². The summed E-state index contributed by atoms with van der Waals surface area (Å²) in [7, 11) is 0. The fourth-order valence-corrected chi connectivity index (χ4v) is 3.05. The van der Waals surface area contributed by atoms with Gasteiger partial charge >= 0.3 is 5.97 Å². The fraction of sp³-hybridized carbons (Fsp3) is 0.125. The van der Waals surface area contributed by atoms with Gasteiger partial charge in [0, 0.05) is 6.92 Å². The van der Waals surface area contributed by atoms with Crippen molar-refractivity contribution in [1.82, 2.24) is 4.98 Å². The molecule has 2 N–H and O–H groups in total. The Kier molecular flexibility index (Phi) is 2.41. The lowest BCUT2D eigenvalue weighted by atomic mass is 10.5. The third-order valence-corrected chi connectivity index (χ3v) is 3.65. The molecule has 15 heavy (non-hydrogen) atoms. The van der Waals surface area contributed by atoms with Crippen LogP contribution < -0.4 is 5.32 Å². The number of aromatic carboxylic acids is 1. The van der Waals surface area contributed by atoms with Crippen molar-refractivity contribution in [3.63, 3.8) is 0 Å². The number of amides is 1. The Balaban J connectivity index is 2.38. The summed E-state index contributed by atoms with van der Waals surface area (Å²) < 4.78 is 0.779. The van der Waals surface area contributed by atoms with Gasteiger partial charge in [-0.3, -0.25) is 4.79 Å². The fourth-order valence-electron chi connectivity index (χ4n) is 1.04. The molecule has 0 fully saturated rings. The first-order valence-corrected chi connectivity index (χ1v) is 5.61. The van der Waals surface area contributed by atoms with Gasteiger partial charge in [-0.15, -0.1) is 11.3 Å². The first-order valence-electron chi connectivity index (χ1n) is 3.97. The van der Waals surface area contributed by atoms with Crippen LogP contribution in [0.1, 0.15) is 16.6 Å². The quantitative estimate of drug-likeness (QED) is 0.844. The molecular weight excluding hydrogens is 236 g/mol. The molecule has 0 spiro atoms. The molecule has 0 bridgehead atoms. The van der Waals surface area contributed by atoms with Crippen LogP contribution in [0, 0.1) is 0 Å². The van der Waals surface area contributed by atoms with Crippen LogP contribution in [0.2, 0.25) is 0 Å². The predicted octanol–water partition coefficient (Wildman–Crippen LogP) is 2.01. The molecule has 7 heteroatoms. The summed E-state index contributed by atoms with van der Waals surface area (Å²) >= 11 is 2.37. The molecule has 5 nitrogen and oxygen atoms in total. The molecule has 0 atom stereocenters. The van der Waals surface area contributed by atoms with Crippen LogP contribution in [0.4, 0.5) is 5.13 Å². The Bertz CT molecular complexity index is 512. The van der Waals surface area contributed by atoms with Crippen LogP contribution in [-0.2, 0) is 4.79 Å². The molecule has 1 amide bonds. The van der Waals surface area contributed by atoms with Gasteiger partial charge in [0.25, 0.3) is 0 Å². The molecule has 0 saturated carbocycles. The minimum absolute atomic E-state index is 0.185. The average molecular weight is 242 g/mol. The lowest BCUT2D eigenvalue weighted by molar-refractivity contribution is -0.114. The summed E-state index contributed by atoms with van der Waals surface area (Å²) in [6, 6.07) is 1.56. The first-order chi connectivity index (χ1) is 7.06. The maximum absolute atomic E-state index is 10.8. The van der Waals surface area contributed by atoms with E-state index < -0.39 is 5.97 Å². The molecule has 2 rings (SSSR count). The summed E-state index contributed by atoms with van der Waals surface area (Å²) in [5.41, 5.74) is 0. The molecule has 78 valence electrons. The average Bonchev–Trinajstić information content (AvgIpc) is 2.58. The number of carbonyl (C=O) groups excluding carboxylic acids is 1. The number of rotatable bonds is 2. The van der Waals surface area contributed by atoms with Crippen LogP contribution in [-0.4, -0.2) is 22.0 Å². The third kappa shape index (κ3) is 1.97. The van der Waals surface area contributed by atoms with Crippen molar-refractivity contribution in [2.24, 2.45) is 0 Å². The number of aromatic nitrogens is 1. The second-order valence-electron chi connectivity index (χ2n) is 2.79. The number of thiazole rings is 1. The van der Waals surface area contributed by atoms with E-state index in [-0.39, 0.29) is 10.8 Å². The standard InChI is InChI=1S/C8H6N2O3S2/c1-3(11)9-8-10-6-4(15-8)2-5(14-6)7(12)13/h2H,1H3,(H,12,13)(H,9,10,11). The summed E-state index contributed by atoms with van der Waals surface area (Å²) in [6.45, 7) is 1.40. The monoisotopic (exact) mass is 242 g/mol. The van der Waals surface area contributed by atoms with E-state index in [2.05, 4.69) is 10.3 Å². The maximum atomic E-state index is 10.8. The SMILES string of the molecule is CC(=O)Nc1nc2sc(C(=O)O)cc2s1. The van der Waals surface area contributed by atoms with Gasteiger partial charge in [-0.25, -0.2) is 9.78 Å². The van der Waals surface area contributed by atoms with E-state index in [4.69, 9.17) is 5.11 Å². The molecule has 0 saturated heterocycles. The van der Waals surface area contributed by atoms with Crippen LogP contribution in [0.15, 0.2) is 6.07 Å². The molecule has 2 heterocycles. The van der Waals surface area contributed by atoms with Crippen LogP contribution >= 0.6 is 22.7 Å². The molecular formula is C8H6N2O3S2. The smallest absolute Gasteiger partial charge is 0.345 e. The first kappa shape index (κ1) is 10.1. The largest absolute Gasteiger partial charge is 0.477 e. The molecule has 2 aromatic rings. The topological polar surface area (TPSA) is 79.3 Å². The highest BCUT2D eigenvalue weighted by Crippen LogP contribution is 2.32. The highest BCUT2D eigenvalue weighted by molar-refractivity contribution is 7.29. The number of hydrogen-bond acceptors (Lipinski definition) is 5. The van der Waals surface area contributed by atoms with E-state index in [0.29, 0.717) is 9.96 Å². The van der Waals surface area contributed by atoms with Crippen LogP contribution in [0.25, 0.3) is 9.53 Å². The van der Waals surface area contributed by atoms with Gasteiger partial charge in [0.15, 0.2) is 5.13 Å². The number of fused-ring (bicyclic) bond motifs is 1.